The molecule has 0 N–H and O–H groups in total. The molecule has 1 aromatic rings. The van der Waals surface area contributed by atoms with Crippen LogP contribution in [-0.4, -0.2) is 12.9 Å². The lowest BCUT2D eigenvalue weighted by atomic mass is 9.83. The quantitative estimate of drug-likeness (QED) is 0.698. The highest BCUT2D eigenvalue weighted by atomic mass is 16.5. The highest BCUT2D eigenvalue weighted by Gasteiger charge is 2.38. The third kappa shape index (κ3) is 1.28. The first-order valence-electron chi connectivity index (χ1n) is 5.47. The zero-order chi connectivity index (χ0) is 10.4. The minimum Gasteiger partial charge on any atom is -0.497 e. The fraction of sp³-hybridized carbons (Fsp3) is 0.462. The number of hydrogen-bond donors (Lipinski definition) is 0. The molecule has 2 atom stereocenters. The van der Waals surface area contributed by atoms with Gasteiger partial charge in [-0.25, -0.2) is 0 Å². The summed E-state index contributed by atoms with van der Waals surface area (Å²) in [5.41, 5.74) is 2.57. The molecule has 2 heteroatoms. The number of carbonyl (C=O) groups excluding carboxylic acids is 1. The standard InChI is InChI=1S/C13H14O2/c1-15-10-2-3-11-9(7-10)4-8-5-12(11)13(14)6-8/h2-3,7-8,12H,4-6H2,1H3. The van der Waals surface area contributed by atoms with Crippen molar-refractivity contribution >= 4 is 5.78 Å². The second-order valence-electron chi connectivity index (χ2n) is 4.59. The lowest BCUT2D eigenvalue weighted by molar-refractivity contribution is -0.118. The number of rotatable bonds is 1. The van der Waals surface area contributed by atoms with Crippen molar-refractivity contribution in [3.8, 4) is 5.75 Å². The Bertz CT molecular complexity index is 423. The van der Waals surface area contributed by atoms with E-state index in [0.29, 0.717) is 11.7 Å². The van der Waals surface area contributed by atoms with E-state index in [9.17, 15) is 4.79 Å². The summed E-state index contributed by atoms with van der Waals surface area (Å²) in [7, 11) is 1.68. The first-order chi connectivity index (χ1) is 7.28. The highest BCUT2D eigenvalue weighted by Crippen LogP contribution is 2.44. The first kappa shape index (κ1) is 8.96. The number of ketones is 1. The van der Waals surface area contributed by atoms with E-state index < -0.39 is 0 Å². The zero-order valence-electron chi connectivity index (χ0n) is 8.82. The molecule has 0 saturated heterocycles. The predicted molar refractivity (Wildman–Crippen MR) is 57.2 cm³/mol. The maximum absolute atomic E-state index is 11.7. The fourth-order valence-electron chi connectivity index (χ4n) is 2.97. The third-order valence-corrected chi connectivity index (χ3v) is 3.68. The monoisotopic (exact) mass is 202 g/mol. The van der Waals surface area contributed by atoms with Crippen LogP contribution in [0.25, 0.3) is 0 Å². The van der Waals surface area contributed by atoms with E-state index in [4.69, 9.17) is 4.74 Å². The maximum Gasteiger partial charge on any atom is 0.140 e. The van der Waals surface area contributed by atoms with Gasteiger partial charge in [0.05, 0.1) is 7.11 Å². The second kappa shape index (κ2) is 3.09. The van der Waals surface area contributed by atoms with Crippen molar-refractivity contribution < 1.29 is 9.53 Å². The van der Waals surface area contributed by atoms with Crippen molar-refractivity contribution in [2.45, 2.75) is 25.2 Å². The summed E-state index contributed by atoms with van der Waals surface area (Å²) >= 11 is 0. The van der Waals surface area contributed by atoms with Crippen LogP contribution in [0.2, 0.25) is 0 Å². The SMILES string of the molecule is COc1ccc2c(c1)CC1CC(=O)C2C1. The lowest BCUT2D eigenvalue weighted by Gasteiger charge is -2.22. The van der Waals surface area contributed by atoms with Gasteiger partial charge in [-0.3, -0.25) is 4.79 Å². The van der Waals surface area contributed by atoms with E-state index in [1.54, 1.807) is 7.11 Å². The summed E-state index contributed by atoms with van der Waals surface area (Å²) in [6, 6.07) is 6.12. The average molecular weight is 202 g/mol. The highest BCUT2D eigenvalue weighted by molar-refractivity contribution is 5.89. The summed E-state index contributed by atoms with van der Waals surface area (Å²) in [6.45, 7) is 0. The van der Waals surface area contributed by atoms with Gasteiger partial charge in [0, 0.05) is 12.3 Å². The Kier molecular flexibility index (Phi) is 1.84. The Morgan fingerprint density at radius 2 is 2.20 bits per heavy atom. The van der Waals surface area contributed by atoms with Crippen molar-refractivity contribution in [3.63, 3.8) is 0 Å². The van der Waals surface area contributed by atoms with Crippen LogP contribution in [0.1, 0.15) is 29.9 Å². The molecule has 78 valence electrons. The molecule has 2 aliphatic carbocycles. The van der Waals surface area contributed by atoms with E-state index in [1.165, 1.54) is 11.1 Å². The van der Waals surface area contributed by atoms with Crippen LogP contribution < -0.4 is 4.74 Å². The van der Waals surface area contributed by atoms with Crippen molar-refractivity contribution in [1.82, 2.24) is 0 Å². The number of ether oxygens (including phenoxy) is 1. The Morgan fingerprint density at radius 3 is 3.00 bits per heavy atom. The summed E-state index contributed by atoms with van der Waals surface area (Å²) < 4.78 is 5.21. The normalized spacial score (nSPS) is 27.7. The minimum atomic E-state index is 0.185. The van der Waals surface area contributed by atoms with Crippen molar-refractivity contribution in [1.29, 1.82) is 0 Å². The number of fused-ring (bicyclic) bond motifs is 4. The summed E-state index contributed by atoms with van der Waals surface area (Å²) in [6.07, 6.45) is 2.90. The smallest absolute Gasteiger partial charge is 0.140 e. The van der Waals surface area contributed by atoms with E-state index in [-0.39, 0.29) is 5.92 Å². The van der Waals surface area contributed by atoms with Gasteiger partial charge in [-0.1, -0.05) is 6.07 Å². The van der Waals surface area contributed by atoms with Gasteiger partial charge in [0.2, 0.25) is 0 Å². The van der Waals surface area contributed by atoms with Crippen LogP contribution in [0.5, 0.6) is 5.75 Å². The maximum atomic E-state index is 11.7. The second-order valence-corrected chi connectivity index (χ2v) is 4.59. The summed E-state index contributed by atoms with van der Waals surface area (Å²) in [5.74, 6) is 2.11. The summed E-state index contributed by atoms with van der Waals surface area (Å²) in [5, 5.41) is 0. The molecule has 2 unspecified atom stereocenters. The molecule has 0 heterocycles. The number of Topliss-reactive ketones (excluding diaryl/α,β-unsaturated/α-hetero) is 1. The largest absolute Gasteiger partial charge is 0.497 e. The number of methoxy groups -OCH3 is 1. The van der Waals surface area contributed by atoms with Gasteiger partial charge in [0.25, 0.3) is 0 Å². The topological polar surface area (TPSA) is 26.3 Å². The molecule has 0 radical (unpaired) electrons. The van der Waals surface area contributed by atoms with Crippen LogP contribution >= 0.6 is 0 Å². The van der Waals surface area contributed by atoms with Crippen LogP contribution in [-0.2, 0) is 11.2 Å². The van der Waals surface area contributed by atoms with Crippen LogP contribution in [0.4, 0.5) is 0 Å². The molecule has 1 aromatic carbocycles. The molecular formula is C13H14O2. The third-order valence-electron chi connectivity index (χ3n) is 3.68. The molecule has 3 rings (SSSR count). The van der Waals surface area contributed by atoms with Crippen LogP contribution in [0, 0.1) is 5.92 Å². The summed E-state index contributed by atoms with van der Waals surface area (Å²) in [4.78, 5) is 11.7. The molecule has 15 heavy (non-hydrogen) atoms. The van der Waals surface area contributed by atoms with E-state index >= 15 is 0 Å². The van der Waals surface area contributed by atoms with Gasteiger partial charge in [-0.05, 0) is 42.0 Å². The van der Waals surface area contributed by atoms with Gasteiger partial charge in [0.15, 0.2) is 0 Å². The van der Waals surface area contributed by atoms with Gasteiger partial charge in [-0.2, -0.15) is 0 Å². The van der Waals surface area contributed by atoms with Crippen molar-refractivity contribution in [3.05, 3.63) is 29.3 Å². The molecule has 0 spiro atoms. The van der Waals surface area contributed by atoms with Gasteiger partial charge >= 0.3 is 0 Å². The average Bonchev–Trinajstić information content (AvgIpc) is 2.54. The zero-order valence-corrected chi connectivity index (χ0v) is 8.82. The van der Waals surface area contributed by atoms with Crippen LogP contribution in [0.3, 0.4) is 0 Å². The Balaban J connectivity index is 2.08. The number of carbonyl (C=O) groups is 1. The van der Waals surface area contributed by atoms with E-state index in [1.807, 2.05) is 6.07 Å². The van der Waals surface area contributed by atoms with E-state index in [0.717, 1.165) is 25.0 Å². The fourth-order valence-corrected chi connectivity index (χ4v) is 2.97. The van der Waals surface area contributed by atoms with Gasteiger partial charge < -0.3 is 4.74 Å². The lowest BCUT2D eigenvalue weighted by Crippen LogP contribution is -2.12. The van der Waals surface area contributed by atoms with Gasteiger partial charge in [-0.15, -0.1) is 0 Å². The molecule has 2 bridgehead atoms. The molecule has 0 aromatic heterocycles. The van der Waals surface area contributed by atoms with E-state index in [2.05, 4.69) is 12.1 Å². The first-order valence-corrected chi connectivity index (χ1v) is 5.47. The van der Waals surface area contributed by atoms with Crippen LogP contribution in [0.15, 0.2) is 18.2 Å². The minimum absolute atomic E-state index is 0.185. The Morgan fingerprint density at radius 1 is 1.33 bits per heavy atom. The number of hydrogen-bond acceptors (Lipinski definition) is 2. The Labute approximate surface area is 89.2 Å². The molecule has 2 nitrogen and oxygen atoms in total. The molecular weight excluding hydrogens is 188 g/mol. The molecule has 1 saturated carbocycles. The molecule has 1 fully saturated rings. The van der Waals surface area contributed by atoms with Gasteiger partial charge in [0.1, 0.15) is 11.5 Å². The molecule has 0 aliphatic heterocycles. The predicted octanol–water partition coefficient (Wildman–Crippen LogP) is 2.31. The Hall–Kier alpha value is -1.31. The number of benzene rings is 1. The van der Waals surface area contributed by atoms with Crippen molar-refractivity contribution in [2.24, 2.45) is 5.92 Å². The molecule has 0 amide bonds. The van der Waals surface area contributed by atoms with Crippen molar-refractivity contribution in [2.75, 3.05) is 7.11 Å². The molecule has 2 aliphatic rings.